The molecule has 1 aromatic carbocycles. The maximum absolute atomic E-state index is 9.62. The molecule has 2 N–H and O–H groups in total. The summed E-state index contributed by atoms with van der Waals surface area (Å²) in [6.45, 7) is 0.951. The molecule has 1 aromatic heterocycles. The number of nitrogens with zero attached hydrogens (tertiary/aromatic N) is 1. The van der Waals surface area contributed by atoms with E-state index in [9.17, 15) is 5.11 Å². The fraction of sp³-hybridized carbons (Fsp3) is 0.438. The lowest BCUT2D eigenvalue weighted by atomic mass is 10.2. The maximum atomic E-state index is 9.62. The smallest absolute Gasteiger partial charge is 0.124 e. The minimum Gasteiger partial charge on any atom is -0.508 e. The molecule has 0 spiro atoms. The molecule has 1 heterocycles. The Bertz CT molecular complexity index is 629. The van der Waals surface area contributed by atoms with Crippen molar-refractivity contribution in [2.75, 3.05) is 0 Å². The van der Waals surface area contributed by atoms with E-state index in [1.807, 2.05) is 12.1 Å². The van der Waals surface area contributed by atoms with Crippen LogP contribution < -0.4 is 5.32 Å². The highest BCUT2D eigenvalue weighted by atomic mass is 32.1. The summed E-state index contributed by atoms with van der Waals surface area (Å²) >= 11 is 1.77. The van der Waals surface area contributed by atoms with Crippen LogP contribution in [0.2, 0.25) is 0 Å². The summed E-state index contributed by atoms with van der Waals surface area (Å²) in [6.07, 6.45) is 5.19. The zero-order chi connectivity index (χ0) is 13.5. The molecular formula is C16H18N2OS. The fourth-order valence-electron chi connectivity index (χ4n) is 2.45. The number of rotatable bonds is 5. The van der Waals surface area contributed by atoms with Gasteiger partial charge < -0.3 is 10.4 Å². The first-order valence-electron chi connectivity index (χ1n) is 7.32. The molecule has 3 nitrogen and oxygen atoms in total. The predicted molar refractivity (Wildman–Crippen MR) is 81.1 cm³/mol. The summed E-state index contributed by atoms with van der Waals surface area (Å²) in [5, 5.41) is 14.3. The normalized spacial score (nSPS) is 18.4. The van der Waals surface area contributed by atoms with Crippen molar-refractivity contribution in [3.8, 4) is 16.3 Å². The lowest BCUT2D eigenvalue weighted by Gasteiger charge is -2.01. The van der Waals surface area contributed by atoms with Crippen LogP contribution in [0.3, 0.4) is 0 Å². The molecule has 0 bridgehead atoms. The maximum Gasteiger partial charge on any atom is 0.124 e. The van der Waals surface area contributed by atoms with Crippen molar-refractivity contribution in [3.63, 3.8) is 0 Å². The van der Waals surface area contributed by atoms with Crippen molar-refractivity contribution in [1.82, 2.24) is 10.3 Å². The van der Waals surface area contributed by atoms with E-state index in [-0.39, 0.29) is 0 Å². The van der Waals surface area contributed by atoms with Gasteiger partial charge in [0.1, 0.15) is 10.8 Å². The Morgan fingerprint density at radius 1 is 1.25 bits per heavy atom. The van der Waals surface area contributed by atoms with Crippen molar-refractivity contribution in [2.24, 2.45) is 0 Å². The van der Waals surface area contributed by atoms with Gasteiger partial charge in [0.25, 0.3) is 0 Å². The van der Waals surface area contributed by atoms with E-state index in [2.05, 4.69) is 5.32 Å². The minimum atomic E-state index is 0.309. The number of phenols is 1. The van der Waals surface area contributed by atoms with Gasteiger partial charge in [0.2, 0.25) is 0 Å². The van der Waals surface area contributed by atoms with Crippen LogP contribution in [0.15, 0.2) is 24.3 Å². The quantitative estimate of drug-likeness (QED) is 0.882. The zero-order valence-electron chi connectivity index (χ0n) is 11.3. The van der Waals surface area contributed by atoms with Gasteiger partial charge in [0.15, 0.2) is 0 Å². The average Bonchev–Trinajstić information content (AvgIpc) is 3.36. The molecular weight excluding hydrogens is 268 g/mol. The van der Waals surface area contributed by atoms with Crippen LogP contribution in [-0.4, -0.2) is 16.1 Å². The van der Waals surface area contributed by atoms with Crippen LogP contribution in [0.4, 0.5) is 0 Å². The third kappa shape index (κ3) is 2.58. The van der Waals surface area contributed by atoms with Crippen LogP contribution in [0, 0.1) is 0 Å². The van der Waals surface area contributed by atoms with Crippen LogP contribution in [0.1, 0.15) is 42.2 Å². The molecule has 2 saturated carbocycles. The van der Waals surface area contributed by atoms with E-state index in [4.69, 9.17) is 4.98 Å². The highest BCUT2D eigenvalue weighted by Gasteiger charge is 2.30. The van der Waals surface area contributed by atoms with Gasteiger partial charge in [0, 0.05) is 28.9 Å². The molecule has 2 fully saturated rings. The molecule has 0 amide bonds. The van der Waals surface area contributed by atoms with Gasteiger partial charge >= 0.3 is 0 Å². The Morgan fingerprint density at radius 3 is 2.80 bits per heavy atom. The Kier molecular flexibility index (Phi) is 3.00. The molecule has 2 aromatic rings. The topological polar surface area (TPSA) is 45.2 Å². The highest BCUT2D eigenvalue weighted by molar-refractivity contribution is 7.15. The molecule has 2 aliphatic carbocycles. The van der Waals surface area contributed by atoms with Crippen molar-refractivity contribution in [2.45, 2.75) is 44.2 Å². The number of benzene rings is 1. The molecule has 0 saturated heterocycles. The van der Waals surface area contributed by atoms with Gasteiger partial charge in [-0.25, -0.2) is 4.98 Å². The first-order chi connectivity index (χ1) is 9.79. The summed E-state index contributed by atoms with van der Waals surface area (Å²) in [6, 6.07) is 8.13. The second kappa shape index (κ2) is 4.86. The van der Waals surface area contributed by atoms with Crippen LogP contribution in [0.5, 0.6) is 5.75 Å². The lowest BCUT2D eigenvalue weighted by molar-refractivity contribution is 0.475. The monoisotopic (exact) mass is 286 g/mol. The van der Waals surface area contributed by atoms with E-state index in [0.717, 1.165) is 23.2 Å². The van der Waals surface area contributed by atoms with Crippen LogP contribution in [0.25, 0.3) is 10.6 Å². The number of hydrogen-bond acceptors (Lipinski definition) is 4. The molecule has 2 aliphatic rings. The summed E-state index contributed by atoms with van der Waals surface area (Å²) in [5.41, 5.74) is 2.32. The number of aromatic nitrogens is 1. The summed E-state index contributed by atoms with van der Waals surface area (Å²) < 4.78 is 0. The Hall–Kier alpha value is -1.39. The van der Waals surface area contributed by atoms with Crippen LogP contribution >= 0.6 is 11.3 Å². The van der Waals surface area contributed by atoms with Gasteiger partial charge in [-0.05, 0) is 37.8 Å². The number of hydrogen-bond donors (Lipinski definition) is 2. The Morgan fingerprint density at radius 2 is 2.10 bits per heavy atom. The number of phenolic OH excluding ortho intramolecular Hbond substituents is 1. The molecule has 4 rings (SSSR count). The third-order valence-corrected chi connectivity index (χ3v) is 5.03. The summed E-state index contributed by atoms with van der Waals surface area (Å²) in [4.78, 5) is 6.24. The Labute approximate surface area is 122 Å². The van der Waals surface area contributed by atoms with E-state index < -0.39 is 0 Å². The minimum absolute atomic E-state index is 0.309. The lowest BCUT2D eigenvalue weighted by Crippen LogP contribution is -2.15. The first-order valence-corrected chi connectivity index (χ1v) is 8.13. The first kappa shape index (κ1) is 12.4. The SMILES string of the molecule is Oc1cccc(-c2nc(C3CC3)c(CNC3CC3)s2)c1. The second-order valence-electron chi connectivity index (χ2n) is 5.81. The van der Waals surface area contributed by atoms with Gasteiger partial charge in [-0.1, -0.05) is 12.1 Å². The van der Waals surface area contributed by atoms with Crippen LogP contribution in [-0.2, 0) is 6.54 Å². The molecule has 0 radical (unpaired) electrons. The van der Waals surface area contributed by atoms with Gasteiger partial charge in [-0.15, -0.1) is 11.3 Å². The summed E-state index contributed by atoms with van der Waals surface area (Å²) in [7, 11) is 0. The highest BCUT2D eigenvalue weighted by Crippen LogP contribution is 2.44. The van der Waals surface area contributed by atoms with E-state index in [1.54, 1.807) is 23.5 Å². The van der Waals surface area contributed by atoms with Crippen molar-refractivity contribution >= 4 is 11.3 Å². The molecule has 0 unspecified atom stereocenters. The average molecular weight is 286 g/mol. The van der Waals surface area contributed by atoms with Gasteiger partial charge in [-0.3, -0.25) is 0 Å². The predicted octanol–water partition coefficient (Wildman–Crippen LogP) is 3.65. The summed E-state index contributed by atoms with van der Waals surface area (Å²) in [5.74, 6) is 0.983. The molecule has 104 valence electrons. The van der Waals surface area contributed by atoms with E-state index >= 15 is 0 Å². The second-order valence-corrected chi connectivity index (χ2v) is 6.89. The fourth-order valence-corrected chi connectivity index (χ4v) is 3.55. The molecule has 4 heteroatoms. The largest absolute Gasteiger partial charge is 0.508 e. The van der Waals surface area contributed by atoms with E-state index in [1.165, 1.54) is 36.3 Å². The molecule has 20 heavy (non-hydrogen) atoms. The van der Waals surface area contributed by atoms with Crippen molar-refractivity contribution < 1.29 is 5.11 Å². The van der Waals surface area contributed by atoms with Crippen molar-refractivity contribution in [3.05, 3.63) is 34.8 Å². The molecule has 0 atom stereocenters. The molecule has 0 aliphatic heterocycles. The number of nitrogens with one attached hydrogen (secondary N) is 1. The number of thiazole rings is 1. The number of aromatic hydroxyl groups is 1. The van der Waals surface area contributed by atoms with Gasteiger partial charge in [0.05, 0.1) is 5.69 Å². The van der Waals surface area contributed by atoms with Crippen molar-refractivity contribution in [1.29, 1.82) is 0 Å². The van der Waals surface area contributed by atoms with Gasteiger partial charge in [-0.2, -0.15) is 0 Å². The third-order valence-electron chi connectivity index (χ3n) is 3.91. The Balaban J connectivity index is 1.63. The standard InChI is InChI=1S/C16H18N2OS/c19-13-3-1-2-11(8-13)16-18-15(10-4-5-10)14(20-16)9-17-12-6-7-12/h1-3,8,10,12,17,19H,4-7,9H2. The van der Waals surface area contributed by atoms with E-state index in [0.29, 0.717) is 11.7 Å². The zero-order valence-corrected chi connectivity index (χ0v) is 12.1.